The topological polar surface area (TPSA) is 87.3 Å². The molecule has 1 fully saturated rings. The first kappa shape index (κ1) is 22.1. The van der Waals surface area contributed by atoms with Gasteiger partial charge in [0.05, 0.1) is 6.04 Å². The number of hydrogen-bond acceptors (Lipinski definition) is 9. The predicted octanol–water partition coefficient (Wildman–Crippen LogP) is 3.30. The lowest BCUT2D eigenvalue weighted by molar-refractivity contribution is 0.163. The van der Waals surface area contributed by atoms with Crippen LogP contribution in [-0.2, 0) is 0 Å². The second kappa shape index (κ2) is 9.20. The van der Waals surface area contributed by atoms with Gasteiger partial charge < -0.3 is 14.3 Å². The minimum absolute atomic E-state index is 0.0470. The molecule has 32 heavy (non-hydrogen) atoms. The van der Waals surface area contributed by atoms with Gasteiger partial charge in [0.15, 0.2) is 0 Å². The summed E-state index contributed by atoms with van der Waals surface area (Å²) in [5, 5.41) is 4.19. The van der Waals surface area contributed by atoms with E-state index in [1.807, 2.05) is 31.1 Å². The van der Waals surface area contributed by atoms with Gasteiger partial charge >= 0.3 is 0 Å². The maximum absolute atomic E-state index is 5.61. The summed E-state index contributed by atoms with van der Waals surface area (Å²) in [4.78, 5) is 25.2. The van der Waals surface area contributed by atoms with Crippen LogP contribution in [0.4, 0.5) is 11.9 Å². The van der Waals surface area contributed by atoms with Crippen LogP contribution in [0.1, 0.15) is 50.0 Å². The summed E-state index contributed by atoms with van der Waals surface area (Å²) in [6.45, 7) is 11.8. The van der Waals surface area contributed by atoms with Gasteiger partial charge in [0.25, 0.3) is 0 Å². The van der Waals surface area contributed by atoms with E-state index in [4.69, 9.17) is 9.51 Å². The zero-order valence-electron chi connectivity index (χ0n) is 19.8. The van der Waals surface area contributed by atoms with Crippen molar-refractivity contribution in [3.63, 3.8) is 0 Å². The molecular formula is C23H32N8O. The first-order valence-electron chi connectivity index (χ1n) is 11.1. The molecule has 0 saturated carbocycles. The highest BCUT2D eigenvalue weighted by Gasteiger charge is 2.27. The van der Waals surface area contributed by atoms with Crippen LogP contribution in [-0.4, -0.2) is 70.3 Å². The fourth-order valence-electron chi connectivity index (χ4n) is 3.66. The standard InChI is InChI=1S/C23H32N8O/c1-15(2)19-25-22(29(5)6)27-23(26-19)31-13-11-30(12-14-31)17(4)21-24-20(28-32-21)18-9-7-16(3)8-10-18/h7-10,15,17H,11-14H2,1-6H3. The Morgan fingerprint density at radius 2 is 1.59 bits per heavy atom. The first-order valence-corrected chi connectivity index (χ1v) is 11.1. The fraction of sp³-hybridized carbons (Fsp3) is 0.522. The van der Waals surface area contributed by atoms with Crippen molar-refractivity contribution in [2.24, 2.45) is 0 Å². The molecule has 9 nitrogen and oxygen atoms in total. The van der Waals surface area contributed by atoms with E-state index in [2.05, 4.69) is 69.7 Å². The molecule has 1 aliphatic rings. The molecule has 0 bridgehead atoms. The lowest BCUT2D eigenvalue weighted by atomic mass is 10.1. The Labute approximate surface area is 189 Å². The van der Waals surface area contributed by atoms with Crippen LogP contribution in [0.2, 0.25) is 0 Å². The monoisotopic (exact) mass is 436 g/mol. The van der Waals surface area contributed by atoms with Crippen molar-refractivity contribution >= 4 is 11.9 Å². The lowest BCUT2D eigenvalue weighted by Gasteiger charge is -2.37. The Bertz CT molecular complexity index is 1010. The molecule has 4 rings (SSSR count). The van der Waals surface area contributed by atoms with Gasteiger partial charge in [-0.05, 0) is 13.8 Å². The maximum Gasteiger partial charge on any atom is 0.244 e. The van der Waals surface area contributed by atoms with Crippen LogP contribution in [0.3, 0.4) is 0 Å². The number of anilines is 2. The van der Waals surface area contributed by atoms with E-state index in [0.29, 0.717) is 17.7 Å². The summed E-state index contributed by atoms with van der Waals surface area (Å²) in [6.07, 6.45) is 0. The molecule has 1 aromatic carbocycles. The molecule has 0 N–H and O–H groups in total. The fourth-order valence-corrected chi connectivity index (χ4v) is 3.66. The second-order valence-electron chi connectivity index (χ2n) is 8.86. The van der Waals surface area contributed by atoms with E-state index in [0.717, 1.165) is 43.5 Å². The number of piperazine rings is 1. The Morgan fingerprint density at radius 3 is 2.22 bits per heavy atom. The normalized spacial score (nSPS) is 15.9. The minimum atomic E-state index is 0.0470. The minimum Gasteiger partial charge on any atom is -0.347 e. The first-order chi connectivity index (χ1) is 15.3. The number of hydrogen-bond donors (Lipinski definition) is 0. The molecule has 0 amide bonds. The van der Waals surface area contributed by atoms with Crippen molar-refractivity contribution in [2.75, 3.05) is 50.1 Å². The van der Waals surface area contributed by atoms with Gasteiger partial charge in [-0.1, -0.05) is 48.8 Å². The Morgan fingerprint density at radius 1 is 0.906 bits per heavy atom. The van der Waals surface area contributed by atoms with Crippen LogP contribution in [0, 0.1) is 6.92 Å². The van der Waals surface area contributed by atoms with Crippen molar-refractivity contribution < 1.29 is 4.52 Å². The number of benzene rings is 1. The zero-order chi connectivity index (χ0) is 22.8. The van der Waals surface area contributed by atoms with Crippen molar-refractivity contribution in [3.8, 4) is 11.4 Å². The molecule has 1 unspecified atom stereocenters. The number of aromatic nitrogens is 5. The maximum atomic E-state index is 5.61. The molecule has 1 atom stereocenters. The van der Waals surface area contributed by atoms with Crippen LogP contribution in [0.25, 0.3) is 11.4 Å². The Hall–Kier alpha value is -3.07. The molecule has 1 aliphatic heterocycles. The summed E-state index contributed by atoms with van der Waals surface area (Å²) in [6, 6.07) is 8.21. The van der Waals surface area contributed by atoms with Crippen molar-refractivity contribution in [1.82, 2.24) is 30.0 Å². The highest BCUT2D eigenvalue weighted by atomic mass is 16.5. The van der Waals surface area contributed by atoms with E-state index >= 15 is 0 Å². The van der Waals surface area contributed by atoms with Crippen LogP contribution in [0.5, 0.6) is 0 Å². The van der Waals surface area contributed by atoms with Crippen molar-refractivity contribution in [3.05, 3.63) is 41.5 Å². The molecule has 3 aromatic rings. The molecule has 170 valence electrons. The molecule has 0 spiro atoms. The van der Waals surface area contributed by atoms with Gasteiger partial charge in [-0.2, -0.15) is 19.9 Å². The number of aryl methyl sites for hydroxylation is 1. The Balaban J connectivity index is 1.43. The summed E-state index contributed by atoms with van der Waals surface area (Å²) in [7, 11) is 3.91. The summed E-state index contributed by atoms with van der Waals surface area (Å²) in [5.41, 5.74) is 2.18. The van der Waals surface area contributed by atoms with Gasteiger partial charge in [0.1, 0.15) is 5.82 Å². The average molecular weight is 437 g/mol. The smallest absolute Gasteiger partial charge is 0.244 e. The van der Waals surface area contributed by atoms with E-state index < -0.39 is 0 Å². The molecule has 2 aromatic heterocycles. The lowest BCUT2D eigenvalue weighted by Crippen LogP contribution is -2.48. The van der Waals surface area contributed by atoms with Gasteiger partial charge in [0.2, 0.25) is 23.6 Å². The molecule has 0 radical (unpaired) electrons. The Kier molecular flexibility index (Phi) is 6.36. The summed E-state index contributed by atoms with van der Waals surface area (Å²) >= 11 is 0. The molecule has 9 heteroatoms. The predicted molar refractivity (Wildman–Crippen MR) is 125 cm³/mol. The summed E-state index contributed by atoms with van der Waals surface area (Å²) in [5.74, 6) is 3.79. The average Bonchev–Trinajstić information content (AvgIpc) is 3.29. The third-order valence-electron chi connectivity index (χ3n) is 5.80. The van der Waals surface area contributed by atoms with Crippen molar-refractivity contribution in [1.29, 1.82) is 0 Å². The van der Waals surface area contributed by atoms with Gasteiger partial charge in [-0.3, -0.25) is 4.90 Å². The SMILES string of the molecule is Cc1ccc(-c2noc(C(C)N3CCN(c4nc(C(C)C)nc(N(C)C)n4)CC3)n2)cc1. The van der Waals surface area contributed by atoms with Crippen molar-refractivity contribution in [2.45, 2.75) is 39.7 Å². The summed E-state index contributed by atoms with van der Waals surface area (Å²) < 4.78 is 5.61. The zero-order valence-corrected chi connectivity index (χ0v) is 19.8. The third-order valence-corrected chi connectivity index (χ3v) is 5.80. The number of nitrogens with zero attached hydrogens (tertiary/aromatic N) is 8. The highest BCUT2D eigenvalue weighted by Crippen LogP contribution is 2.25. The van der Waals surface area contributed by atoms with Gasteiger partial charge in [0, 0.05) is 51.8 Å². The van der Waals surface area contributed by atoms with Gasteiger partial charge in [-0.15, -0.1) is 0 Å². The molecular weight excluding hydrogens is 404 g/mol. The molecule has 1 saturated heterocycles. The van der Waals surface area contributed by atoms with Gasteiger partial charge in [-0.25, -0.2) is 0 Å². The van der Waals surface area contributed by atoms with E-state index in [1.165, 1.54) is 5.56 Å². The highest BCUT2D eigenvalue weighted by molar-refractivity contribution is 5.54. The third kappa shape index (κ3) is 4.72. The quantitative estimate of drug-likeness (QED) is 0.577. The van der Waals surface area contributed by atoms with E-state index in [9.17, 15) is 0 Å². The molecule has 3 heterocycles. The largest absolute Gasteiger partial charge is 0.347 e. The molecule has 0 aliphatic carbocycles. The number of rotatable bonds is 6. The van der Waals surface area contributed by atoms with Crippen LogP contribution >= 0.6 is 0 Å². The van der Waals surface area contributed by atoms with E-state index in [-0.39, 0.29) is 12.0 Å². The second-order valence-corrected chi connectivity index (χ2v) is 8.86. The van der Waals surface area contributed by atoms with E-state index in [1.54, 1.807) is 0 Å². The van der Waals surface area contributed by atoms with Crippen LogP contribution < -0.4 is 9.80 Å². The van der Waals surface area contributed by atoms with Crippen LogP contribution in [0.15, 0.2) is 28.8 Å².